The molecule has 0 unspecified atom stereocenters. The van der Waals surface area contributed by atoms with Gasteiger partial charge in [0.1, 0.15) is 18.2 Å². The molecule has 7 heteroatoms. The third-order valence-corrected chi connectivity index (χ3v) is 3.88. The number of hydrogen-bond acceptors (Lipinski definition) is 4. The lowest BCUT2D eigenvalue weighted by Gasteiger charge is -2.11. The van der Waals surface area contributed by atoms with E-state index in [4.69, 9.17) is 32.7 Å². The fourth-order valence-electron chi connectivity index (χ4n) is 2.01. The van der Waals surface area contributed by atoms with Crippen molar-refractivity contribution < 1.29 is 23.5 Å². The van der Waals surface area contributed by atoms with Gasteiger partial charge in [0.05, 0.1) is 22.7 Å². The number of rotatable bonds is 5. The van der Waals surface area contributed by atoms with E-state index in [9.17, 15) is 14.0 Å². The minimum Gasteiger partial charge on any atom is -0.496 e. The zero-order valence-corrected chi connectivity index (χ0v) is 14.4. The summed E-state index contributed by atoms with van der Waals surface area (Å²) in [5, 5.41) is -0.205. The highest BCUT2D eigenvalue weighted by molar-refractivity contribution is 6.36. The van der Waals surface area contributed by atoms with Crippen molar-refractivity contribution in [2.75, 3.05) is 7.11 Å². The number of halogens is 3. The standard InChI is InChI=1S/C17H13Cl2FO4/c1-9(21)10-3-4-16(23-2)11(5-10)8-24-17(22)12-6-15(20)14(19)7-13(12)18/h3-7H,8H2,1-2H3. The molecular formula is C17H13Cl2FO4. The Labute approximate surface area is 148 Å². The van der Waals surface area contributed by atoms with Crippen LogP contribution in [0.4, 0.5) is 4.39 Å². The Kier molecular flexibility index (Phi) is 5.80. The lowest BCUT2D eigenvalue weighted by Crippen LogP contribution is -2.08. The Hall–Kier alpha value is -2.11. The summed E-state index contributed by atoms with van der Waals surface area (Å²) in [5.41, 5.74) is 0.821. The number of hydrogen-bond donors (Lipinski definition) is 0. The van der Waals surface area contributed by atoms with Crippen LogP contribution in [0.1, 0.15) is 33.2 Å². The van der Waals surface area contributed by atoms with Crippen LogP contribution in [-0.2, 0) is 11.3 Å². The van der Waals surface area contributed by atoms with Crippen molar-refractivity contribution >= 4 is 35.0 Å². The van der Waals surface area contributed by atoms with Crippen molar-refractivity contribution in [3.8, 4) is 5.75 Å². The molecule has 0 atom stereocenters. The van der Waals surface area contributed by atoms with Crippen molar-refractivity contribution in [3.63, 3.8) is 0 Å². The molecule has 0 bridgehead atoms. The van der Waals surface area contributed by atoms with Gasteiger partial charge in [-0.2, -0.15) is 0 Å². The monoisotopic (exact) mass is 370 g/mol. The van der Waals surface area contributed by atoms with Gasteiger partial charge in [-0.25, -0.2) is 9.18 Å². The van der Waals surface area contributed by atoms with E-state index in [0.29, 0.717) is 16.9 Å². The molecule has 0 radical (unpaired) electrons. The molecular weight excluding hydrogens is 358 g/mol. The van der Waals surface area contributed by atoms with Crippen LogP contribution in [0.2, 0.25) is 10.0 Å². The van der Waals surface area contributed by atoms with Gasteiger partial charge in [-0.3, -0.25) is 4.79 Å². The number of methoxy groups -OCH3 is 1. The summed E-state index contributed by atoms with van der Waals surface area (Å²) in [5.74, 6) is -1.26. The Bertz CT molecular complexity index is 805. The number of ketones is 1. The van der Waals surface area contributed by atoms with Gasteiger partial charge in [0.15, 0.2) is 5.78 Å². The quantitative estimate of drug-likeness (QED) is 0.434. The zero-order chi connectivity index (χ0) is 17.9. The van der Waals surface area contributed by atoms with Gasteiger partial charge < -0.3 is 9.47 Å². The Morgan fingerprint density at radius 1 is 1.12 bits per heavy atom. The second-order valence-corrected chi connectivity index (χ2v) is 5.72. The van der Waals surface area contributed by atoms with E-state index in [1.165, 1.54) is 14.0 Å². The van der Waals surface area contributed by atoms with Gasteiger partial charge in [0.25, 0.3) is 0 Å². The van der Waals surface area contributed by atoms with Crippen LogP contribution in [0, 0.1) is 5.82 Å². The van der Waals surface area contributed by atoms with E-state index in [2.05, 4.69) is 0 Å². The summed E-state index contributed by atoms with van der Waals surface area (Å²) in [6.45, 7) is 1.26. The van der Waals surface area contributed by atoms with Crippen LogP contribution in [-0.4, -0.2) is 18.9 Å². The fraction of sp³-hybridized carbons (Fsp3) is 0.176. The summed E-state index contributed by atoms with van der Waals surface area (Å²) in [7, 11) is 1.46. The molecule has 0 fully saturated rings. The number of Topliss-reactive ketones (excluding diaryl/α,β-unsaturated/α-hetero) is 1. The Morgan fingerprint density at radius 2 is 1.83 bits per heavy atom. The molecule has 0 aromatic heterocycles. The maximum atomic E-state index is 13.5. The van der Waals surface area contributed by atoms with Crippen LogP contribution < -0.4 is 4.74 Å². The summed E-state index contributed by atoms with van der Waals surface area (Å²) in [6, 6.07) is 6.83. The van der Waals surface area contributed by atoms with Crippen molar-refractivity contribution in [2.45, 2.75) is 13.5 Å². The molecule has 2 rings (SSSR count). The average Bonchev–Trinajstić information content (AvgIpc) is 2.55. The van der Waals surface area contributed by atoms with Crippen LogP contribution in [0.15, 0.2) is 30.3 Å². The van der Waals surface area contributed by atoms with Gasteiger partial charge in [-0.15, -0.1) is 0 Å². The maximum absolute atomic E-state index is 13.5. The first-order chi connectivity index (χ1) is 11.3. The van der Waals surface area contributed by atoms with Gasteiger partial charge in [-0.05, 0) is 37.3 Å². The van der Waals surface area contributed by atoms with Crippen molar-refractivity contribution in [1.82, 2.24) is 0 Å². The number of carbonyl (C=O) groups excluding carboxylic acids is 2. The van der Waals surface area contributed by atoms with Crippen LogP contribution >= 0.6 is 23.2 Å². The predicted molar refractivity (Wildman–Crippen MR) is 88.5 cm³/mol. The smallest absolute Gasteiger partial charge is 0.340 e. The highest BCUT2D eigenvalue weighted by Gasteiger charge is 2.17. The zero-order valence-electron chi connectivity index (χ0n) is 12.9. The summed E-state index contributed by atoms with van der Waals surface area (Å²) >= 11 is 11.5. The molecule has 0 amide bonds. The average molecular weight is 371 g/mol. The third-order valence-electron chi connectivity index (χ3n) is 3.28. The molecule has 0 aliphatic heterocycles. The van der Waals surface area contributed by atoms with Gasteiger partial charge in [0, 0.05) is 11.1 Å². The van der Waals surface area contributed by atoms with E-state index in [0.717, 1.165) is 12.1 Å². The van der Waals surface area contributed by atoms with Crippen molar-refractivity contribution in [1.29, 1.82) is 0 Å². The fourth-order valence-corrected chi connectivity index (χ4v) is 2.47. The van der Waals surface area contributed by atoms with Crippen molar-refractivity contribution in [2.24, 2.45) is 0 Å². The first-order valence-electron chi connectivity index (χ1n) is 6.83. The molecule has 0 aliphatic rings. The van der Waals surface area contributed by atoms with Gasteiger partial charge in [0.2, 0.25) is 0 Å². The molecule has 0 saturated carbocycles. The third kappa shape index (κ3) is 4.04. The minimum absolute atomic E-state index is 0.0177. The second-order valence-electron chi connectivity index (χ2n) is 4.91. The number of benzene rings is 2. The van der Waals surface area contributed by atoms with E-state index >= 15 is 0 Å². The summed E-state index contributed by atoms with van der Waals surface area (Å²) in [6.07, 6.45) is 0. The lowest BCUT2D eigenvalue weighted by atomic mass is 10.1. The van der Waals surface area contributed by atoms with Crippen molar-refractivity contribution in [3.05, 3.63) is 62.9 Å². The molecule has 0 saturated heterocycles. The normalized spacial score (nSPS) is 10.4. The molecule has 126 valence electrons. The van der Waals surface area contributed by atoms with Gasteiger partial charge >= 0.3 is 5.97 Å². The van der Waals surface area contributed by atoms with Crippen LogP contribution in [0.3, 0.4) is 0 Å². The van der Waals surface area contributed by atoms with E-state index in [1.54, 1.807) is 18.2 Å². The molecule has 24 heavy (non-hydrogen) atoms. The molecule has 0 N–H and O–H groups in total. The number of esters is 1. The van der Waals surface area contributed by atoms with E-state index in [1.807, 2.05) is 0 Å². The van der Waals surface area contributed by atoms with Crippen LogP contribution in [0.25, 0.3) is 0 Å². The minimum atomic E-state index is -0.814. The van der Waals surface area contributed by atoms with E-state index in [-0.39, 0.29) is 28.0 Å². The number of ether oxygens (including phenoxy) is 2. The first kappa shape index (κ1) is 18.2. The number of carbonyl (C=O) groups is 2. The lowest BCUT2D eigenvalue weighted by molar-refractivity contribution is 0.0470. The largest absolute Gasteiger partial charge is 0.496 e. The Morgan fingerprint density at radius 3 is 2.46 bits per heavy atom. The molecule has 0 heterocycles. The maximum Gasteiger partial charge on any atom is 0.340 e. The highest BCUT2D eigenvalue weighted by atomic mass is 35.5. The molecule has 0 aliphatic carbocycles. The molecule has 2 aromatic rings. The SMILES string of the molecule is COc1ccc(C(C)=O)cc1COC(=O)c1cc(F)c(Cl)cc1Cl. The molecule has 0 spiro atoms. The second kappa shape index (κ2) is 7.64. The molecule has 4 nitrogen and oxygen atoms in total. The van der Waals surface area contributed by atoms with Gasteiger partial charge in [-0.1, -0.05) is 23.2 Å². The molecule has 2 aromatic carbocycles. The first-order valence-corrected chi connectivity index (χ1v) is 7.58. The highest BCUT2D eigenvalue weighted by Crippen LogP contribution is 2.26. The van der Waals surface area contributed by atoms with Crippen LogP contribution in [0.5, 0.6) is 5.75 Å². The topological polar surface area (TPSA) is 52.6 Å². The Balaban J connectivity index is 2.21. The summed E-state index contributed by atoms with van der Waals surface area (Å²) in [4.78, 5) is 23.5. The summed E-state index contributed by atoms with van der Waals surface area (Å²) < 4.78 is 23.8. The predicted octanol–water partition coefficient (Wildman–Crippen LogP) is 4.70. The van der Waals surface area contributed by atoms with E-state index < -0.39 is 11.8 Å².